The largest absolute Gasteiger partial charge is 0.491 e. The summed E-state index contributed by atoms with van der Waals surface area (Å²) in [5.41, 5.74) is 7.22. The van der Waals surface area contributed by atoms with Crippen molar-refractivity contribution in [1.29, 1.82) is 0 Å². The lowest BCUT2D eigenvalue weighted by atomic mass is 9.98. The number of nitrogens with one attached hydrogen (secondary N) is 3. The van der Waals surface area contributed by atoms with Crippen molar-refractivity contribution in [1.82, 2.24) is 15.6 Å². The Balaban J connectivity index is 1.70. The smallest absolute Gasteiger partial charge is 0.386 e. The second-order valence-corrected chi connectivity index (χ2v) is 10.2. The summed E-state index contributed by atoms with van der Waals surface area (Å²) in [7, 11) is 0. The van der Waals surface area contributed by atoms with Gasteiger partial charge in [-0.3, -0.25) is 19.2 Å². The quantitative estimate of drug-likeness (QED) is 0.104. The second kappa shape index (κ2) is 17.3. The number of hydrogen-bond donors (Lipinski definition) is 4. The first-order valence-electron chi connectivity index (χ1n) is 14.4. The number of pyridine rings is 1. The SMILES string of the molecule is NC(=O)CC[C@@H](NC(=O)CCCCNc1ccccn1)C(=O)NC(CC(=O)OC(=O)C(F)(F)F)c1ccc(-c2ccccc2)cc1. The molecule has 0 saturated carbocycles. The lowest BCUT2D eigenvalue weighted by Crippen LogP contribution is -2.48. The number of unbranched alkanes of at least 4 members (excludes halogenated alkanes) is 1. The van der Waals surface area contributed by atoms with E-state index in [1.54, 1.807) is 42.6 Å². The number of alkyl halides is 3. The molecule has 0 aliphatic heterocycles. The Morgan fingerprint density at radius 1 is 0.826 bits per heavy atom. The number of hydrogen-bond acceptors (Lipinski definition) is 8. The first-order valence-corrected chi connectivity index (χ1v) is 14.4. The topological polar surface area (TPSA) is 170 Å². The molecule has 2 aromatic carbocycles. The van der Waals surface area contributed by atoms with Crippen LogP contribution in [0.15, 0.2) is 79.0 Å². The third-order valence-corrected chi connectivity index (χ3v) is 6.68. The number of nitrogens with zero attached hydrogens (tertiary/aromatic N) is 1. The normalized spacial score (nSPS) is 12.3. The molecule has 14 heteroatoms. The Bertz CT molecular complexity index is 1470. The van der Waals surface area contributed by atoms with Gasteiger partial charge in [-0.25, -0.2) is 9.78 Å². The molecular weight excluding hydrogens is 607 g/mol. The molecule has 0 fully saturated rings. The fourth-order valence-electron chi connectivity index (χ4n) is 4.35. The van der Waals surface area contributed by atoms with Crippen LogP contribution in [-0.4, -0.2) is 53.4 Å². The molecule has 0 aliphatic carbocycles. The van der Waals surface area contributed by atoms with Crippen LogP contribution in [0.25, 0.3) is 11.1 Å². The Labute approximate surface area is 263 Å². The van der Waals surface area contributed by atoms with E-state index in [1.165, 1.54) is 0 Å². The Morgan fingerprint density at radius 3 is 2.13 bits per heavy atom. The zero-order valence-electron chi connectivity index (χ0n) is 24.7. The summed E-state index contributed by atoms with van der Waals surface area (Å²) in [6.45, 7) is 0.549. The van der Waals surface area contributed by atoms with Crippen LogP contribution >= 0.6 is 0 Å². The van der Waals surface area contributed by atoms with E-state index in [-0.39, 0.29) is 19.3 Å². The highest BCUT2D eigenvalue weighted by Gasteiger charge is 2.42. The fourth-order valence-corrected chi connectivity index (χ4v) is 4.35. The molecule has 3 aromatic rings. The molecule has 1 unspecified atom stereocenters. The maximum absolute atomic E-state index is 13.4. The summed E-state index contributed by atoms with van der Waals surface area (Å²) >= 11 is 0. The van der Waals surface area contributed by atoms with Gasteiger partial charge in [-0.2, -0.15) is 13.2 Å². The molecule has 2 atom stereocenters. The highest BCUT2D eigenvalue weighted by Crippen LogP contribution is 2.25. The number of carbonyl (C=O) groups is 5. The van der Waals surface area contributed by atoms with E-state index in [9.17, 15) is 37.1 Å². The van der Waals surface area contributed by atoms with Crippen LogP contribution in [0, 0.1) is 0 Å². The maximum atomic E-state index is 13.4. The van der Waals surface area contributed by atoms with Crippen molar-refractivity contribution in [3.8, 4) is 11.1 Å². The van der Waals surface area contributed by atoms with Crippen molar-refractivity contribution in [3.05, 3.63) is 84.6 Å². The number of carbonyl (C=O) groups excluding carboxylic acids is 5. The lowest BCUT2D eigenvalue weighted by Gasteiger charge is -2.23. The summed E-state index contributed by atoms with van der Waals surface area (Å²) in [4.78, 5) is 65.3. The predicted molar refractivity (Wildman–Crippen MR) is 161 cm³/mol. The first-order chi connectivity index (χ1) is 21.9. The molecule has 1 aromatic heterocycles. The van der Waals surface area contributed by atoms with Crippen molar-refractivity contribution in [3.63, 3.8) is 0 Å². The standard InChI is InChI=1S/C32H34F3N5O6/c33-32(34,35)31(45)46-29(43)20-25(23-14-12-22(13-15-23)21-8-2-1-3-9-21)40-30(44)24(16-17-26(36)41)39-28(42)11-5-7-19-38-27-10-4-6-18-37-27/h1-4,6,8-10,12-15,18,24-25H,5,7,11,16-17,19-20H2,(H2,36,41)(H,37,38)(H,39,42)(H,40,44)/t24-,25?/m1/s1. The Morgan fingerprint density at radius 2 is 1.50 bits per heavy atom. The number of amides is 3. The van der Waals surface area contributed by atoms with Gasteiger partial charge in [0.15, 0.2) is 0 Å². The molecule has 5 N–H and O–H groups in total. The third-order valence-electron chi connectivity index (χ3n) is 6.68. The van der Waals surface area contributed by atoms with Crippen LogP contribution in [0.3, 0.4) is 0 Å². The summed E-state index contributed by atoms with van der Waals surface area (Å²) in [6, 6.07) is 18.6. The van der Waals surface area contributed by atoms with Crippen molar-refractivity contribution < 1.29 is 41.9 Å². The average molecular weight is 642 g/mol. The fraction of sp³-hybridized carbons (Fsp3) is 0.312. The van der Waals surface area contributed by atoms with Crippen LogP contribution in [0.4, 0.5) is 19.0 Å². The molecule has 0 radical (unpaired) electrons. The zero-order chi connectivity index (χ0) is 33.5. The summed E-state index contributed by atoms with van der Waals surface area (Å²) in [5, 5.41) is 8.22. The van der Waals surface area contributed by atoms with E-state index in [1.807, 2.05) is 36.4 Å². The van der Waals surface area contributed by atoms with Crippen LogP contribution in [0.1, 0.15) is 50.1 Å². The van der Waals surface area contributed by atoms with Gasteiger partial charge >= 0.3 is 18.1 Å². The number of rotatable bonds is 16. The molecule has 0 spiro atoms. The van der Waals surface area contributed by atoms with Gasteiger partial charge in [-0.05, 0) is 48.1 Å². The summed E-state index contributed by atoms with van der Waals surface area (Å²) in [5.74, 6) is -5.57. The number of aromatic nitrogens is 1. The van der Waals surface area contributed by atoms with E-state index in [0.29, 0.717) is 30.8 Å². The van der Waals surface area contributed by atoms with Gasteiger partial charge in [0.05, 0.1) is 12.5 Å². The van der Waals surface area contributed by atoms with Gasteiger partial charge in [0.1, 0.15) is 11.9 Å². The molecule has 11 nitrogen and oxygen atoms in total. The summed E-state index contributed by atoms with van der Waals surface area (Å²) < 4.78 is 42.0. The van der Waals surface area contributed by atoms with Gasteiger partial charge in [0.25, 0.3) is 0 Å². The number of halogens is 3. The Kier molecular flexibility index (Phi) is 13.2. The monoisotopic (exact) mass is 641 g/mol. The molecule has 3 amide bonds. The number of esters is 2. The molecule has 0 aliphatic rings. The molecule has 0 saturated heterocycles. The second-order valence-electron chi connectivity index (χ2n) is 10.2. The number of ether oxygens (including phenoxy) is 1. The highest BCUT2D eigenvalue weighted by molar-refractivity contribution is 5.90. The minimum Gasteiger partial charge on any atom is -0.386 e. The zero-order valence-corrected chi connectivity index (χ0v) is 24.7. The van der Waals surface area contributed by atoms with E-state index in [4.69, 9.17) is 5.73 Å². The van der Waals surface area contributed by atoms with Gasteiger partial charge in [0, 0.05) is 25.6 Å². The lowest BCUT2D eigenvalue weighted by molar-refractivity contribution is -0.202. The van der Waals surface area contributed by atoms with Gasteiger partial charge < -0.3 is 26.4 Å². The van der Waals surface area contributed by atoms with Crippen molar-refractivity contribution in [2.75, 3.05) is 11.9 Å². The van der Waals surface area contributed by atoms with Crippen LogP contribution in [0.5, 0.6) is 0 Å². The molecule has 1 heterocycles. The van der Waals surface area contributed by atoms with E-state index in [0.717, 1.165) is 11.1 Å². The first kappa shape index (κ1) is 35.2. The third kappa shape index (κ3) is 12.0. The summed E-state index contributed by atoms with van der Waals surface area (Å²) in [6.07, 6.45) is -3.89. The van der Waals surface area contributed by atoms with E-state index in [2.05, 4.69) is 25.7 Å². The maximum Gasteiger partial charge on any atom is 0.491 e. The van der Waals surface area contributed by atoms with E-state index >= 15 is 0 Å². The molecule has 0 bridgehead atoms. The van der Waals surface area contributed by atoms with Gasteiger partial charge in [-0.15, -0.1) is 0 Å². The average Bonchev–Trinajstić information content (AvgIpc) is 3.03. The minimum absolute atomic E-state index is 0.0561. The number of anilines is 1. The number of primary amides is 1. The highest BCUT2D eigenvalue weighted by atomic mass is 19.4. The predicted octanol–water partition coefficient (Wildman–Crippen LogP) is 3.96. The number of nitrogens with two attached hydrogens (primary N) is 1. The van der Waals surface area contributed by atoms with E-state index < -0.39 is 54.3 Å². The van der Waals surface area contributed by atoms with Crippen molar-refractivity contribution in [2.24, 2.45) is 5.73 Å². The van der Waals surface area contributed by atoms with Gasteiger partial charge in [-0.1, -0.05) is 60.7 Å². The van der Waals surface area contributed by atoms with Crippen LogP contribution in [0.2, 0.25) is 0 Å². The van der Waals surface area contributed by atoms with Crippen LogP contribution in [-0.2, 0) is 28.7 Å². The number of benzene rings is 2. The minimum atomic E-state index is -5.40. The van der Waals surface area contributed by atoms with Crippen molar-refractivity contribution >= 4 is 35.5 Å². The van der Waals surface area contributed by atoms with Crippen LogP contribution < -0.4 is 21.7 Å². The molecule has 46 heavy (non-hydrogen) atoms. The van der Waals surface area contributed by atoms with Gasteiger partial charge in [0.2, 0.25) is 17.7 Å². The Hall–Kier alpha value is -5.27. The van der Waals surface area contributed by atoms with Crippen molar-refractivity contribution in [2.45, 2.75) is 56.8 Å². The molecular formula is C32H34F3N5O6. The molecule has 3 rings (SSSR count). The molecule has 244 valence electrons.